The van der Waals surface area contributed by atoms with Crippen LogP contribution < -0.4 is 10.0 Å². The largest absolute Gasteiger partial charge is 0.325 e. The van der Waals surface area contributed by atoms with Crippen molar-refractivity contribution in [2.24, 2.45) is 0 Å². The van der Waals surface area contributed by atoms with Crippen LogP contribution >= 0.6 is 0 Å². The van der Waals surface area contributed by atoms with Crippen molar-refractivity contribution in [3.05, 3.63) is 59.2 Å². The summed E-state index contributed by atoms with van der Waals surface area (Å²) >= 11 is 0. The summed E-state index contributed by atoms with van der Waals surface area (Å²) in [5.74, 6) is -0.407. The Morgan fingerprint density at radius 3 is 2.39 bits per heavy atom. The highest BCUT2D eigenvalue weighted by atomic mass is 32.2. The Morgan fingerprint density at radius 1 is 1.00 bits per heavy atom. The van der Waals surface area contributed by atoms with E-state index in [1.165, 1.54) is 6.07 Å². The van der Waals surface area contributed by atoms with E-state index >= 15 is 0 Å². The van der Waals surface area contributed by atoms with Crippen LogP contribution in [0.1, 0.15) is 16.7 Å². The standard InChI is InChI=1S/C17H20N2O3S/c1-12-5-4-6-15(9-12)23(21,22)18-11-17(20)19-16-10-13(2)7-8-14(16)3/h4-10,18H,11H2,1-3H3,(H,19,20). The Balaban J connectivity index is 2.02. The van der Waals surface area contributed by atoms with Crippen LogP contribution in [0, 0.1) is 20.8 Å². The Kier molecular flexibility index (Phi) is 5.18. The SMILES string of the molecule is Cc1cccc(S(=O)(=O)NCC(=O)Nc2cc(C)ccc2C)c1. The van der Waals surface area contributed by atoms with Crippen LogP contribution in [0.2, 0.25) is 0 Å². The number of amides is 1. The summed E-state index contributed by atoms with van der Waals surface area (Å²) in [5, 5.41) is 2.72. The van der Waals surface area contributed by atoms with E-state index in [1.807, 2.05) is 45.0 Å². The average Bonchev–Trinajstić information content (AvgIpc) is 2.49. The maximum Gasteiger partial charge on any atom is 0.241 e. The molecule has 0 atom stereocenters. The molecule has 0 unspecified atom stereocenters. The van der Waals surface area contributed by atoms with E-state index in [-0.39, 0.29) is 11.4 Å². The Labute approximate surface area is 136 Å². The minimum atomic E-state index is -3.70. The van der Waals surface area contributed by atoms with Gasteiger partial charge in [-0.05, 0) is 55.7 Å². The lowest BCUT2D eigenvalue weighted by atomic mass is 10.1. The summed E-state index contributed by atoms with van der Waals surface area (Å²) in [6, 6.07) is 12.2. The molecule has 0 aliphatic carbocycles. The molecule has 2 rings (SSSR count). The van der Waals surface area contributed by atoms with Crippen LogP contribution in [0.4, 0.5) is 5.69 Å². The maximum absolute atomic E-state index is 12.2. The third-order valence-electron chi connectivity index (χ3n) is 3.39. The van der Waals surface area contributed by atoms with Crippen molar-refractivity contribution < 1.29 is 13.2 Å². The van der Waals surface area contributed by atoms with E-state index in [4.69, 9.17) is 0 Å². The van der Waals surface area contributed by atoms with Gasteiger partial charge in [-0.3, -0.25) is 4.79 Å². The van der Waals surface area contributed by atoms with Crippen LogP contribution in [0.15, 0.2) is 47.4 Å². The van der Waals surface area contributed by atoms with Crippen molar-refractivity contribution in [2.75, 3.05) is 11.9 Å². The normalized spacial score (nSPS) is 11.3. The van der Waals surface area contributed by atoms with Gasteiger partial charge in [-0.1, -0.05) is 24.3 Å². The minimum absolute atomic E-state index is 0.150. The lowest BCUT2D eigenvalue weighted by molar-refractivity contribution is -0.115. The molecular formula is C17H20N2O3S. The zero-order valence-corrected chi connectivity index (χ0v) is 14.2. The van der Waals surface area contributed by atoms with Gasteiger partial charge in [0.1, 0.15) is 0 Å². The predicted molar refractivity (Wildman–Crippen MR) is 90.9 cm³/mol. The van der Waals surface area contributed by atoms with Crippen LogP contribution in [-0.2, 0) is 14.8 Å². The lowest BCUT2D eigenvalue weighted by Gasteiger charge is -2.10. The first-order valence-corrected chi connectivity index (χ1v) is 8.70. The molecule has 6 heteroatoms. The molecule has 2 aromatic rings. The van der Waals surface area contributed by atoms with Crippen LogP contribution in [0.3, 0.4) is 0 Å². The second kappa shape index (κ2) is 6.93. The second-order valence-corrected chi connectivity index (χ2v) is 7.27. The maximum atomic E-state index is 12.2. The molecule has 0 bridgehead atoms. The first-order chi connectivity index (χ1) is 10.8. The third-order valence-corrected chi connectivity index (χ3v) is 4.79. The van der Waals surface area contributed by atoms with Crippen molar-refractivity contribution >= 4 is 21.6 Å². The smallest absolute Gasteiger partial charge is 0.241 e. The Morgan fingerprint density at radius 2 is 1.70 bits per heavy atom. The molecule has 23 heavy (non-hydrogen) atoms. The van der Waals surface area contributed by atoms with Gasteiger partial charge in [0.2, 0.25) is 15.9 Å². The number of nitrogens with one attached hydrogen (secondary N) is 2. The molecule has 1 amide bonds. The van der Waals surface area contributed by atoms with Crippen molar-refractivity contribution in [1.82, 2.24) is 4.72 Å². The Bertz CT molecular complexity index is 829. The third kappa shape index (κ3) is 4.64. The van der Waals surface area contributed by atoms with E-state index in [0.717, 1.165) is 16.7 Å². The predicted octanol–water partition coefficient (Wildman–Crippen LogP) is 2.53. The zero-order chi connectivity index (χ0) is 17.0. The van der Waals surface area contributed by atoms with E-state index in [2.05, 4.69) is 10.0 Å². The highest BCUT2D eigenvalue weighted by Gasteiger charge is 2.15. The van der Waals surface area contributed by atoms with Crippen LogP contribution in [0.25, 0.3) is 0 Å². The molecule has 0 spiro atoms. The van der Waals surface area contributed by atoms with Gasteiger partial charge in [-0.25, -0.2) is 13.1 Å². The fourth-order valence-electron chi connectivity index (χ4n) is 2.09. The van der Waals surface area contributed by atoms with Gasteiger partial charge in [0, 0.05) is 5.69 Å². The molecule has 0 heterocycles. The summed E-state index contributed by atoms with van der Waals surface area (Å²) in [6.45, 7) is 5.30. The molecule has 0 saturated heterocycles. The van der Waals surface area contributed by atoms with Gasteiger partial charge in [0.15, 0.2) is 0 Å². The monoisotopic (exact) mass is 332 g/mol. The summed E-state index contributed by atoms with van der Waals surface area (Å²) < 4.78 is 26.7. The minimum Gasteiger partial charge on any atom is -0.325 e. The van der Waals surface area contributed by atoms with E-state index < -0.39 is 15.9 Å². The molecule has 0 aliphatic heterocycles. The highest BCUT2D eigenvalue weighted by molar-refractivity contribution is 7.89. The molecule has 0 aliphatic rings. The second-order valence-electron chi connectivity index (χ2n) is 5.51. The Hall–Kier alpha value is -2.18. The summed E-state index contributed by atoms with van der Waals surface area (Å²) in [7, 11) is -3.70. The number of aryl methyl sites for hydroxylation is 3. The summed E-state index contributed by atoms with van der Waals surface area (Å²) in [6.07, 6.45) is 0. The topological polar surface area (TPSA) is 75.3 Å². The number of rotatable bonds is 5. The van der Waals surface area contributed by atoms with Crippen molar-refractivity contribution in [2.45, 2.75) is 25.7 Å². The van der Waals surface area contributed by atoms with Crippen molar-refractivity contribution in [3.63, 3.8) is 0 Å². The highest BCUT2D eigenvalue weighted by Crippen LogP contribution is 2.16. The fraction of sp³-hybridized carbons (Fsp3) is 0.235. The summed E-state index contributed by atoms with van der Waals surface area (Å²) in [5.41, 5.74) is 3.47. The van der Waals surface area contributed by atoms with Gasteiger partial charge >= 0.3 is 0 Å². The zero-order valence-electron chi connectivity index (χ0n) is 13.4. The molecule has 2 N–H and O–H groups in total. The molecule has 0 radical (unpaired) electrons. The first-order valence-electron chi connectivity index (χ1n) is 7.21. The molecule has 122 valence electrons. The van der Waals surface area contributed by atoms with Crippen molar-refractivity contribution in [3.8, 4) is 0 Å². The van der Waals surface area contributed by atoms with E-state index in [0.29, 0.717) is 5.69 Å². The van der Waals surface area contributed by atoms with Crippen molar-refractivity contribution in [1.29, 1.82) is 0 Å². The van der Waals surface area contributed by atoms with E-state index in [1.54, 1.807) is 12.1 Å². The van der Waals surface area contributed by atoms with Crippen LogP contribution in [0.5, 0.6) is 0 Å². The molecule has 5 nitrogen and oxygen atoms in total. The molecule has 0 fully saturated rings. The lowest BCUT2D eigenvalue weighted by Crippen LogP contribution is -2.33. The van der Waals surface area contributed by atoms with Crippen LogP contribution in [-0.4, -0.2) is 20.9 Å². The quantitative estimate of drug-likeness (QED) is 0.883. The number of carbonyl (C=O) groups is 1. The fourth-order valence-corrected chi connectivity index (χ4v) is 3.18. The average molecular weight is 332 g/mol. The molecule has 0 saturated carbocycles. The van der Waals surface area contributed by atoms with E-state index in [9.17, 15) is 13.2 Å². The van der Waals surface area contributed by atoms with Gasteiger partial charge in [0.05, 0.1) is 11.4 Å². The van der Waals surface area contributed by atoms with Gasteiger partial charge in [-0.15, -0.1) is 0 Å². The van der Waals surface area contributed by atoms with Gasteiger partial charge < -0.3 is 5.32 Å². The number of carbonyl (C=O) groups excluding carboxylic acids is 1. The summed E-state index contributed by atoms with van der Waals surface area (Å²) in [4.78, 5) is 12.1. The number of sulfonamides is 1. The van der Waals surface area contributed by atoms with Gasteiger partial charge in [0.25, 0.3) is 0 Å². The molecule has 0 aromatic heterocycles. The number of anilines is 1. The molecule has 2 aromatic carbocycles. The number of hydrogen-bond acceptors (Lipinski definition) is 3. The number of benzene rings is 2. The van der Waals surface area contributed by atoms with Gasteiger partial charge in [-0.2, -0.15) is 0 Å². The molecular weight excluding hydrogens is 312 g/mol. The number of hydrogen-bond donors (Lipinski definition) is 2. The first kappa shape index (κ1) is 17.2.